The number of nitrogens with zero attached hydrogens (tertiary/aromatic N) is 3. The van der Waals surface area contributed by atoms with Crippen molar-refractivity contribution in [1.82, 2.24) is 12.9 Å². The lowest BCUT2D eigenvalue weighted by atomic mass is 10.4. The summed E-state index contributed by atoms with van der Waals surface area (Å²) < 4.78 is 75.8. The fourth-order valence-electron chi connectivity index (χ4n) is 2.39. The molecule has 1 aromatic carbocycles. The van der Waals surface area contributed by atoms with E-state index in [9.17, 15) is 25.3 Å². The van der Waals surface area contributed by atoms with Crippen LogP contribution in [0.25, 0.3) is 0 Å². The van der Waals surface area contributed by atoms with E-state index in [0.29, 0.717) is 0 Å². The standard InChI is InChI=1S/C13H21N3O6S3/c1-14(2)24(19,20)12-4-6-13(7-5-12)25(21,22)16-10-8-15(9-11-16)23(3,17)18/h4-7H,8-11H2,1-3H3. The fourth-order valence-corrected chi connectivity index (χ4v) is 5.54. The Morgan fingerprint density at radius 2 is 1.16 bits per heavy atom. The molecule has 25 heavy (non-hydrogen) atoms. The second-order valence-electron chi connectivity index (χ2n) is 5.82. The second-order valence-corrected chi connectivity index (χ2v) is 11.9. The van der Waals surface area contributed by atoms with Gasteiger partial charge in [0, 0.05) is 40.3 Å². The second kappa shape index (κ2) is 6.93. The van der Waals surface area contributed by atoms with Crippen molar-refractivity contribution in [2.75, 3.05) is 46.5 Å². The van der Waals surface area contributed by atoms with E-state index in [2.05, 4.69) is 0 Å². The number of hydrogen-bond donors (Lipinski definition) is 0. The van der Waals surface area contributed by atoms with Gasteiger partial charge in [-0.1, -0.05) is 0 Å². The molecule has 0 saturated carbocycles. The normalized spacial score (nSPS) is 18.6. The minimum absolute atomic E-state index is 0.00153. The van der Waals surface area contributed by atoms with Crippen LogP contribution in [0.4, 0.5) is 0 Å². The van der Waals surface area contributed by atoms with Gasteiger partial charge in [-0.05, 0) is 24.3 Å². The minimum atomic E-state index is -3.81. The van der Waals surface area contributed by atoms with Gasteiger partial charge in [0.1, 0.15) is 0 Å². The van der Waals surface area contributed by atoms with Gasteiger partial charge >= 0.3 is 0 Å². The third-order valence-corrected chi connectivity index (χ3v) is 8.95. The van der Waals surface area contributed by atoms with Crippen molar-refractivity contribution in [3.05, 3.63) is 24.3 Å². The summed E-state index contributed by atoms with van der Waals surface area (Å²) in [6.07, 6.45) is 1.08. The van der Waals surface area contributed by atoms with Crippen molar-refractivity contribution in [1.29, 1.82) is 0 Å². The number of benzene rings is 1. The van der Waals surface area contributed by atoms with Crippen LogP contribution in [0.2, 0.25) is 0 Å². The van der Waals surface area contributed by atoms with Crippen LogP contribution < -0.4 is 0 Å². The molecule has 1 fully saturated rings. The molecular weight excluding hydrogens is 390 g/mol. The number of piperazine rings is 1. The molecule has 0 aromatic heterocycles. The van der Waals surface area contributed by atoms with Crippen LogP contribution in [0.3, 0.4) is 0 Å². The topological polar surface area (TPSA) is 112 Å². The van der Waals surface area contributed by atoms with E-state index in [1.54, 1.807) is 0 Å². The molecule has 9 nitrogen and oxygen atoms in total. The molecule has 0 aliphatic carbocycles. The highest BCUT2D eigenvalue weighted by atomic mass is 32.2. The Morgan fingerprint density at radius 1 is 0.760 bits per heavy atom. The molecule has 1 saturated heterocycles. The van der Waals surface area contributed by atoms with Crippen molar-refractivity contribution in [2.45, 2.75) is 9.79 Å². The summed E-state index contributed by atoms with van der Waals surface area (Å²) in [6, 6.07) is 4.98. The molecule has 1 aromatic rings. The van der Waals surface area contributed by atoms with Crippen LogP contribution >= 0.6 is 0 Å². The Morgan fingerprint density at radius 3 is 1.56 bits per heavy atom. The summed E-state index contributed by atoms with van der Waals surface area (Å²) in [7, 11) is -8.01. The van der Waals surface area contributed by atoms with E-state index >= 15 is 0 Å². The molecule has 0 unspecified atom stereocenters. The van der Waals surface area contributed by atoms with E-state index in [1.807, 2.05) is 0 Å². The third kappa shape index (κ3) is 4.20. The molecule has 12 heteroatoms. The zero-order valence-corrected chi connectivity index (χ0v) is 16.6. The monoisotopic (exact) mass is 411 g/mol. The molecule has 142 valence electrons. The number of rotatable bonds is 5. The zero-order valence-electron chi connectivity index (χ0n) is 14.2. The molecule has 1 aliphatic rings. The predicted octanol–water partition coefficient (Wildman–Crippen LogP) is -0.797. The summed E-state index contributed by atoms with van der Waals surface area (Å²) in [6.45, 7) is 0.274. The summed E-state index contributed by atoms with van der Waals surface area (Å²) in [5, 5.41) is 0. The Labute approximate surface area is 149 Å². The quantitative estimate of drug-likeness (QED) is 0.627. The van der Waals surface area contributed by atoms with Gasteiger partial charge in [-0.3, -0.25) is 0 Å². The van der Waals surface area contributed by atoms with Crippen LogP contribution in [0.15, 0.2) is 34.1 Å². The highest BCUT2D eigenvalue weighted by Gasteiger charge is 2.31. The third-order valence-electron chi connectivity index (χ3n) is 3.91. The van der Waals surface area contributed by atoms with Crippen molar-refractivity contribution in [2.24, 2.45) is 0 Å². The van der Waals surface area contributed by atoms with Crippen LogP contribution in [0.1, 0.15) is 0 Å². The highest BCUT2D eigenvalue weighted by Crippen LogP contribution is 2.21. The van der Waals surface area contributed by atoms with E-state index in [0.717, 1.165) is 10.6 Å². The summed E-state index contributed by atoms with van der Waals surface area (Å²) >= 11 is 0. The Hall–Kier alpha value is -1.05. The molecule has 2 rings (SSSR count). The molecular formula is C13H21N3O6S3. The van der Waals surface area contributed by atoms with Gasteiger partial charge in [0.25, 0.3) is 0 Å². The van der Waals surface area contributed by atoms with Crippen molar-refractivity contribution in [3.8, 4) is 0 Å². The summed E-state index contributed by atoms with van der Waals surface area (Å²) in [5.74, 6) is 0. The molecule has 0 N–H and O–H groups in total. The largest absolute Gasteiger partial charge is 0.243 e. The maximum Gasteiger partial charge on any atom is 0.243 e. The molecule has 0 radical (unpaired) electrons. The van der Waals surface area contributed by atoms with Crippen LogP contribution in [0.5, 0.6) is 0 Å². The van der Waals surface area contributed by atoms with Crippen molar-refractivity contribution in [3.63, 3.8) is 0 Å². The minimum Gasteiger partial charge on any atom is -0.213 e. The maximum absolute atomic E-state index is 12.6. The molecule has 1 aliphatic heterocycles. The Kier molecular flexibility index (Phi) is 5.62. The van der Waals surface area contributed by atoms with Gasteiger partial charge < -0.3 is 0 Å². The lowest BCUT2D eigenvalue weighted by Gasteiger charge is -2.32. The maximum atomic E-state index is 12.6. The van der Waals surface area contributed by atoms with Gasteiger partial charge in [-0.2, -0.15) is 8.61 Å². The average Bonchev–Trinajstić information content (AvgIpc) is 2.54. The summed E-state index contributed by atoms with van der Waals surface area (Å²) in [5.41, 5.74) is 0. The first-order valence-electron chi connectivity index (χ1n) is 7.34. The fraction of sp³-hybridized carbons (Fsp3) is 0.538. The smallest absolute Gasteiger partial charge is 0.213 e. The molecule has 0 amide bonds. The predicted molar refractivity (Wildman–Crippen MR) is 92.5 cm³/mol. The molecule has 0 spiro atoms. The first-order chi connectivity index (χ1) is 11.4. The summed E-state index contributed by atoms with van der Waals surface area (Å²) in [4.78, 5) is -0.0312. The molecule has 0 atom stereocenters. The van der Waals surface area contributed by atoms with Crippen LogP contribution in [-0.2, 0) is 30.1 Å². The average molecular weight is 412 g/mol. The van der Waals surface area contributed by atoms with E-state index in [1.165, 1.54) is 47.0 Å². The lowest BCUT2D eigenvalue weighted by molar-refractivity contribution is 0.274. The van der Waals surface area contributed by atoms with Gasteiger partial charge in [0.15, 0.2) is 0 Å². The van der Waals surface area contributed by atoms with Gasteiger partial charge in [0.05, 0.1) is 16.0 Å². The Bertz CT molecular complexity index is 929. The van der Waals surface area contributed by atoms with Gasteiger partial charge in [0.2, 0.25) is 30.1 Å². The zero-order chi connectivity index (χ0) is 19.0. The lowest BCUT2D eigenvalue weighted by Crippen LogP contribution is -2.50. The molecule has 1 heterocycles. The Balaban J connectivity index is 2.21. The SMILES string of the molecule is CN(C)S(=O)(=O)c1ccc(S(=O)(=O)N2CCN(S(C)(=O)=O)CC2)cc1. The number of sulfonamides is 3. The first-order valence-corrected chi connectivity index (χ1v) is 12.1. The van der Waals surface area contributed by atoms with E-state index in [-0.39, 0.29) is 36.0 Å². The number of hydrogen-bond acceptors (Lipinski definition) is 6. The van der Waals surface area contributed by atoms with Crippen LogP contribution in [-0.4, -0.2) is 84.7 Å². The van der Waals surface area contributed by atoms with Crippen molar-refractivity contribution >= 4 is 30.1 Å². The van der Waals surface area contributed by atoms with Crippen LogP contribution in [0, 0.1) is 0 Å². The molecule has 0 bridgehead atoms. The van der Waals surface area contributed by atoms with E-state index < -0.39 is 30.1 Å². The van der Waals surface area contributed by atoms with Gasteiger partial charge in [-0.25, -0.2) is 29.6 Å². The van der Waals surface area contributed by atoms with Crippen molar-refractivity contribution < 1.29 is 25.3 Å². The highest BCUT2D eigenvalue weighted by molar-refractivity contribution is 7.89. The first kappa shape index (κ1) is 20.3. The van der Waals surface area contributed by atoms with E-state index in [4.69, 9.17) is 0 Å². The van der Waals surface area contributed by atoms with Gasteiger partial charge in [-0.15, -0.1) is 0 Å².